The zero-order valence-corrected chi connectivity index (χ0v) is 23.1. The van der Waals surface area contributed by atoms with Gasteiger partial charge in [0.15, 0.2) is 11.5 Å². The van der Waals surface area contributed by atoms with Gasteiger partial charge in [-0.25, -0.2) is 4.79 Å². The van der Waals surface area contributed by atoms with Crippen LogP contribution in [-0.4, -0.2) is 67.0 Å². The number of aliphatic hydroxyl groups excluding tert-OH is 1. The van der Waals surface area contributed by atoms with Crippen molar-refractivity contribution < 1.29 is 38.5 Å². The van der Waals surface area contributed by atoms with Gasteiger partial charge in [0.25, 0.3) is 0 Å². The molecule has 0 spiro atoms. The van der Waals surface area contributed by atoms with Crippen molar-refractivity contribution >= 4 is 35.3 Å². The Balaban J connectivity index is 1.61. The lowest BCUT2D eigenvalue weighted by atomic mass is 9.45. The summed E-state index contributed by atoms with van der Waals surface area (Å²) in [5.41, 5.74) is -0.0999. The number of aliphatic hydroxyl groups is 1. The summed E-state index contributed by atoms with van der Waals surface area (Å²) in [4.78, 5) is 49.9. The van der Waals surface area contributed by atoms with Crippen LogP contribution in [0, 0.1) is 40.4 Å². The summed E-state index contributed by atoms with van der Waals surface area (Å²) in [5.74, 6) is -1.27. The van der Waals surface area contributed by atoms with E-state index in [0.717, 1.165) is 18.4 Å². The monoisotopic (exact) mass is 534 g/mol. The van der Waals surface area contributed by atoms with Crippen molar-refractivity contribution in [2.45, 2.75) is 52.6 Å². The lowest BCUT2D eigenvalue weighted by Crippen LogP contribution is -2.58. The lowest BCUT2D eigenvalue weighted by molar-refractivity contribution is -0.153. The minimum Gasteiger partial charge on any atom is -0.457 e. The average Bonchev–Trinajstić information content (AvgIpc) is 3.16. The van der Waals surface area contributed by atoms with Crippen LogP contribution in [0.2, 0.25) is 0 Å². The predicted molar refractivity (Wildman–Crippen MR) is 137 cm³/mol. The number of hydrogen-bond donors (Lipinski definition) is 1. The van der Waals surface area contributed by atoms with Gasteiger partial charge in [0.1, 0.15) is 13.2 Å². The minimum absolute atomic E-state index is 0.0202. The molecule has 37 heavy (non-hydrogen) atoms. The van der Waals surface area contributed by atoms with Crippen molar-refractivity contribution in [1.82, 2.24) is 0 Å². The van der Waals surface area contributed by atoms with E-state index in [-0.39, 0.29) is 65.9 Å². The number of rotatable bonds is 8. The van der Waals surface area contributed by atoms with Gasteiger partial charge in [-0.05, 0) is 67.3 Å². The highest BCUT2D eigenvalue weighted by Gasteiger charge is 2.63. The molecule has 0 bridgehead atoms. The fourth-order valence-corrected chi connectivity index (χ4v) is 8.43. The van der Waals surface area contributed by atoms with Crippen LogP contribution in [0.15, 0.2) is 23.5 Å². The standard InChI is InChI=1S/C28H38O8S/c1-15-8-16-17-6-7-18(22(31)12-35-25(33)14-37-5)27(17,2)10-21(30)26(16)28(3)11-23(20(29)9-19(15)28)36-24(32)13-34-4/h9,11,15-18,21,26,30H,6-8,10,12-14H2,1-5H3/t15-,16-,17-,18+,21-,26+,27-,28-/m0/s1. The van der Waals surface area contributed by atoms with Gasteiger partial charge in [-0.15, -0.1) is 0 Å². The molecule has 0 aromatic rings. The molecule has 3 saturated carbocycles. The number of allylic oxidation sites excluding steroid dienone is 3. The quantitative estimate of drug-likeness (QED) is 0.469. The molecule has 0 aliphatic heterocycles. The summed E-state index contributed by atoms with van der Waals surface area (Å²) >= 11 is 1.36. The smallest absolute Gasteiger partial charge is 0.337 e. The number of thioether (sulfide) groups is 1. The van der Waals surface area contributed by atoms with Crippen LogP contribution in [0.3, 0.4) is 0 Å². The fourth-order valence-electron chi connectivity index (χ4n) is 8.11. The molecule has 0 heterocycles. The van der Waals surface area contributed by atoms with Crippen molar-refractivity contribution in [3.63, 3.8) is 0 Å². The Labute approximate surface area is 222 Å². The van der Waals surface area contributed by atoms with Crippen LogP contribution in [0.25, 0.3) is 0 Å². The number of Topliss-reactive ketones (excluding diaryl/α,β-unsaturated/α-hetero) is 1. The summed E-state index contributed by atoms with van der Waals surface area (Å²) < 4.78 is 15.4. The van der Waals surface area contributed by atoms with E-state index in [1.165, 1.54) is 18.9 Å². The number of methoxy groups -OCH3 is 1. The molecule has 4 aliphatic rings. The predicted octanol–water partition coefficient (Wildman–Crippen LogP) is 3.12. The molecule has 204 valence electrons. The molecule has 0 saturated heterocycles. The maximum absolute atomic E-state index is 13.2. The van der Waals surface area contributed by atoms with E-state index >= 15 is 0 Å². The van der Waals surface area contributed by atoms with Gasteiger partial charge in [0.2, 0.25) is 5.78 Å². The number of carbonyl (C=O) groups excluding carboxylic acids is 4. The SMILES string of the molecule is COCC(=O)OC1=C[C@@]2(C)C(=CC1=O)[C@@H](C)C[C@@H]1[C@@H]2[C@@H](O)C[C@]2(C)[C@@H](C(=O)COC(=O)CSC)CC[C@@H]12. The maximum atomic E-state index is 13.2. The molecule has 0 aromatic carbocycles. The van der Waals surface area contributed by atoms with Gasteiger partial charge in [0, 0.05) is 24.4 Å². The number of carbonyl (C=O) groups is 4. The maximum Gasteiger partial charge on any atom is 0.337 e. The fraction of sp³-hybridized carbons (Fsp3) is 0.714. The number of esters is 2. The third-order valence-electron chi connectivity index (χ3n) is 9.39. The molecule has 3 fully saturated rings. The minimum atomic E-state index is -0.708. The van der Waals surface area contributed by atoms with Crippen molar-refractivity contribution in [3.05, 3.63) is 23.5 Å². The Morgan fingerprint density at radius 2 is 1.89 bits per heavy atom. The Hall–Kier alpha value is -1.97. The van der Waals surface area contributed by atoms with Gasteiger partial charge in [0.05, 0.1) is 11.9 Å². The van der Waals surface area contributed by atoms with Gasteiger partial charge >= 0.3 is 11.9 Å². The average molecular weight is 535 g/mol. The van der Waals surface area contributed by atoms with E-state index in [1.54, 1.807) is 12.2 Å². The normalized spacial score (nSPS) is 38.5. The Kier molecular flexibility index (Phi) is 8.08. The molecule has 8 nitrogen and oxygen atoms in total. The third kappa shape index (κ3) is 4.94. The highest BCUT2D eigenvalue weighted by atomic mass is 32.2. The Morgan fingerprint density at radius 3 is 2.57 bits per heavy atom. The highest BCUT2D eigenvalue weighted by Crippen LogP contribution is 2.67. The first-order valence-electron chi connectivity index (χ1n) is 13.0. The van der Waals surface area contributed by atoms with E-state index in [0.29, 0.717) is 12.8 Å². The molecule has 8 atom stereocenters. The van der Waals surface area contributed by atoms with E-state index in [1.807, 2.05) is 13.2 Å². The Morgan fingerprint density at radius 1 is 1.16 bits per heavy atom. The molecule has 9 heteroatoms. The van der Waals surface area contributed by atoms with Gasteiger partial charge in [-0.3, -0.25) is 14.4 Å². The Bertz CT molecular complexity index is 1030. The highest BCUT2D eigenvalue weighted by molar-refractivity contribution is 7.99. The molecule has 0 amide bonds. The lowest BCUT2D eigenvalue weighted by Gasteiger charge is -2.60. The molecule has 4 aliphatic carbocycles. The summed E-state index contributed by atoms with van der Waals surface area (Å²) in [5, 5.41) is 11.6. The van der Waals surface area contributed by atoms with Crippen LogP contribution in [0.4, 0.5) is 0 Å². The van der Waals surface area contributed by atoms with Crippen LogP contribution in [-0.2, 0) is 33.4 Å². The van der Waals surface area contributed by atoms with Crippen molar-refractivity contribution in [1.29, 1.82) is 0 Å². The zero-order chi connectivity index (χ0) is 27.1. The summed E-state index contributed by atoms with van der Waals surface area (Å²) in [7, 11) is 1.38. The first-order chi connectivity index (χ1) is 17.5. The van der Waals surface area contributed by atoms with Gasteiger partial charge in [-0.2, -0.15) is 11.8 Å². The van der Waals surface area contributed by atoms with E-state index < -0.39 is 28.9 Å². The number of ketones is 2. The molecule has 0 radical (unpaired) electrons. The second-order valence-electron chi connectivity index (χ2n) is 11.6. The molecule has 0 aromatic heterocycles. The second-order valence-corrected chi connectivity index (χ2v) is 12.4. The van der Waals surface area contributed by atoms with Crippen LogP contribution in [0.5, 0.6) is 0 Å². The summed E-state index contributed by atoms with van der Waals surface area (Å²) in [6.07, 6.45) is 7.25. The van der Waals surface area contributed by atoms with Crippen molar-refractivity contribution in [2.75, 3.05) is 32.3 Å². The van der Waals surface area contributed by atoms with E-state index in [4.69, 9.17) is 14.2 Å². The van der Waals surface area contributed by atoms with Crippen LogP contribution in [0.1, 0.15) is 46.5 Å². The summed E-state index contributed by atoms with van der Waals surface area (Å²) in [6.45, 7) is 5.75. The number of hydrogen-bond acceptors (Lipinski definition) is 9. The second kappa shape index (κ2) is 10.7. The van der Waals surface area contributed by atoms with Crippen LogP contribution < -0.4 is 0 Å². The third-order valence-corrected chi connectivity index (χ3v) is 9.92. The largest absolute Gasteiger partial charge is 0.457 e. The molecule has 0 unspecified atom stereocenters. The van der Waals surface area contributed by atoms with Gasteiger partial charge in [-0.1, -0.05) is 26.3 Å². The first kappa shape index (κ1) is 28.0. The molecule has 1 N–H and O–H groups in total. The molecular formula is C28H38O8S. The topological polar surface area (TPSA) is 116 Å². The van der Waals surface area contributed by atoms with E-state index in [2.05, 4.69) is 13.8 Å². The number of ether oxygens (including phenoxy) is 3. The first-order valence-corrected chi connectivity index (χ1v) is 14.4. The van der Waals surface area contributed by atoms with Crippen molar-refractivity contribution in [2.24, 2.45) is 40.4 Å². The van der Waals surface area contributed by atoms with Gasteiger partial charge < -0.3 is 19.3 Å². The summed E-state index contributed by atoms with van der Waals surface area (Å²) in [6, 6.07) is 0. The van der Waals surface area contributed by atoms with Crippen LogP contribution >= 0.6 is 11.8 Å². The number of fused-ring (bicyclic) bond motifs is 5. The zero-order valence-electron chi connectivity index (χ0n) is 22.3. The van der Waals surface area contributed by atoms with Crippen molar-refractivity contribution in [3.8, 4) is 0 Å². The molecule has 4 rings (SSSR count). The molecular weight excluding hydrogens is 496 g/mol. The van der Waals surface area contributed by atoms with E-state index in [9.17, 15) is 24.3 Å².